The Hall–Kier alpha value is -2.10. The summed E-state index contributed by atoms with van der Waals surface area (Å²) in [6.07, 6.45) is 1.97. The number of pyridine rings is 1. The van der Waals surface area contributed by atoms with Crippen molar-refractivity contribution in [1.29, 1.82) is 0 Å². The normalized spacial score (nSPS) is 11.3. The van der Waals surface area contributed by atoms with Gasteiger partial charge in [-0.05, 0) is 45.0 Å². The van der Waals surface area contributed by atoms with E-state index in [0.717, 1.165) is 16.7 Å². The number of carbonyl (C=O) groups is 1. The van der Waals surface area contributed by atoms with Crippen molar-refractivity contribution in [2.75, 3.05) is 6.61 Å². The van der Waals surface area contributed by atoms with E-state index in [1.807, 2.05) is 51.1 Å². The van der Waals surface area contributed by atoms with Crippen molar-refractivity contribution in [1.82, 2.24) is 4.98 Å². The number of benzene rings is 1. The molecule has 0 spiro atoms. The fourth-order valence-corrected chi connectivity index (χ4v) is 1.84. The topological polar surface area (TPSA) is 48.4 Å². The first kappa shape index (κ1) is 14.3. The highest BCUT2D eigenvalue weighted by molar-refractivity contribution is 5.84. The quantitative estimate of drug-likeness (QED) is 0.802. The fraction of sp³-hybridized carbons (Fsp3) is 0.375. The summed E-state index contributed by atoms with van der Waals surface area (Å²) in [4.78, 5) is 15.9. The van der Waals surface area contributed by atoms with E-state index in [9.17, 15) is 4.79 Å². The number of ether oxygens (including phenoxy) is 2. The molecule has 0 amide bonds. The highest BCUT2D eigenvalue weighted by atomic mass is 16.6. The first-order valence-electron chi connectivity index (χ1n) is 6.64. The summed E-state index contributed by atoms with van der Waals surface area (Å²) < 4.78 is 10.9. The molecule has 4 nitrogen and oxygen atoms in total. The first-order chi connectivity index (χ1) is 9.46. The number of rotatable bonds is 4. The maximum Gasteiger partial charge on any atom is 0.309 e. The van der Waals surface area contributed by atoms with Crippen molar-refractivity contribution in [3.05, 3.63) is 36.5 Å². The van der Waals surface area contributed by atoms with Crippen molar-refractivity contribution < 1.29 is 14.3 Å². The van der Waals surface area contributed by atoms with E-state index in [1.54, 1.807) is 6.20 Å². The van der Waals surface area contributed by atoms with Gasteiger partial charge in [0.25, 0.3) is 0 Å². The molecule has 0 aliphatic carbocycles. The van der Waals surface area contributed by atoms with Crippen LogP contribution < -0.4 is 4.74 Å². The zero-order valence-corrected chi connectivity index (χ0v) is 12.1. The molecule has 0 bridgehead atoms. The summed E-state index contributed by atoms with van der Waals surface area (Å²) in [5.41, 5.74) is 0.419. The summed E-state index contributed by atoms with van der Waals surface area (Å²) in [6.45, 7) is 5.84. The Labute approximate surface area is 118 Å². The molecular formula is C16H19NO3. The summed E-state index contributed by atoms with van der Waals surface area (Å²) >= 11 is 0. The Kier molecular flexibility index (Phi) is 4.23. The molecule has 1 aromatic heterocycles. The van der Waals surface area contributed by atoms with Crippen LogP contribution in [0.2, 0.25) is 0 Å². The second kappa shape index (κ2) is 5.90. The van der Waals surface area contributed by atoms with Gasteiger partial charge in [-0.25, -0.2) is 0 Å². The van der Waals surface area contributed by atoms with Crippen molar-refractivity contribution in [3.63, 3.8) is 0 Å². The monoisotopic (exact) mass is 273 g/mol. The molecule has 0 N–H and O–H groups in total. The molecule has 20 heavy (non-hydrogen) atoms. The Bertz CT molecular complexity index is 597. The Morgan fingerprint density at radius 2 is 2.00 bits per heavy atom. The van der Waals surface area contributed by atoms with Crippen LogP contribution in [0.3, 0.4) is 0 Å². The number of esters is 1. The van der Waals surface area contributed by atoms with Gasteiger partial charge < -0.3 is 9.47 Å². The van der Waals surface area contributed by atoms with Crippen LogP contribution in [0.5, 0.6) is 5.75 Å². The van der Waals surface area contributed by atoms with E-state index in [-0.39, 0.29) is 12.4 Å². The van der Waals surface area contributed by atoms with E-state index in [1.165, 1.54) is 0 Å². The lowest BCUT2D eigenvalue weighted by Crippen LogP contribution is -2.24. The van der Waals surface area contributed by atoms with Crippen LogP contribution in [0.4, 0.5) is 0 Å². The van der Waals surface area contributed by atoms with Crippen LogP contribution in [-0.4, -0.2) is 23.2 Å². The van der Waals surface area contributed by atoms with Gasteiger partial charge in [0.1, 0.15) is 11.4 Å². The van der Waals surface area contributed by atoms with Crippen LogP contribution >= 0.6 is 0 Å². The molecule has 1 aromatic carbocycles. The van der Waals surface area contributed by atoms with Gasteiger partial charge in [-0.1, -0.05) is 6.07 Å². The van der Waals surface area contributed by atoms with Crippen LogP contribution in [0.15, 0.2) is 36.5 Å². The SMILES string of the molecule is CC(C)(C)OC(=O)CCOc1cccc2ncccc12. The van der Waals surface area contributed by atoms with Crippen molar-refractivity contribution in [2.45, 2.75) is 32.8 Å². The summed E-state index contributed by atoms with van der Waals surface area (Å²) in [5.74, 6) is 0.482. The number of fused-ring (bicyclic) bond motifs is 1. The molecule has 2 aromatic rings. The van der Waals surface area contributed by atoms with Gasteiger partial charge in [-0.2, -0.15) is 0 Å². The molecule has 0 fully saturated rings. The van der Waals surface area contributed by atoms with E-state index in [2.05, 4.69) is 4.98 Å². The minimum atomic E-state index is -0.458. The summed E-state index contributed by atoms with van der Waals surface area (Å²) in [7, 11) is 0. The minimum Gasteiger partial charge on any atom is -0.492 e. The van der Waals surface area contributed by atoms with Gasteiger partial charge in [-0.15, -0.1) is 0 Å². The maximum atomic E-state index is 11.6. The van der Waals surface area contributed by atoms with Crippen molar-refractivity contribution >= 4 is 16.9 Å². The molecule has 0 saturated carbocycles. The number of hydrogen-bond donors (Lipinski definition) is 0. The molecule has 0 aliphatic rings. The van der Waals surface area contributed by atoms with Gasteiger partial charge >= 0.3 is 5.97 Å². The molecule has 0 radical (unpaired) electrons. The predicted molar refractivity (Wildman–Crippen MR) is 77.7 cm³/mol. The zero-order chi connectivity index (χ0) is 14.6. The fourth-order valence-electron chi connectivity index (χ4n) is 1.84. The largest absolute Gasteiger partial charge is 0.492 e. The minimum absolute atomic E-state index is 0.230. The van der Waals surface area contributed by atoms with Gasteiger partial charge in [0.15, 0.2) is 0 Å². The smallest absolute Gasteiger partial charge is 0.309 e. The molecule has 4 heteroatoms. The lowest BCUT2D eigenvalue weighted by atomic mass is 10.2. The molecule has 0 aliphatic heterocycles. The summed E-state index contributed by atoms with van der Waals surface area (Å²) in [6, 6.07) is 9.50. The number of carbonyl (C=O) groups excluding carboxylic acids is 1. The molecule has 106 valence electrons. The summed E-state index contributed by atoms with van der Waals surface area (Å²) in [5, 5.41) is 0.944. The molecule has 1 heterocycles. The third kappa shape index (κ3) is 3.95. The average molecular weight is 273 g/mol. The second-order valence-electron chi connectivity index (χ2n) is 5.51. The van der Waals surface area contributed by atoms with Gasteiger partial charge in [0.2, 0.25) is 0 Å². The van der Waals surface area contributed by atoms with E-state index >= 15 is 0 Å². The van der Waals surface area contributed by atoms with Gasteiger partial charge in [0.05, 0.1) is 18.5 Å². The van der Waals surface area contributed by atoms with E-state index < -0.39 is 5.60 Å². The predicted octanol–water partition coefficient (Wildman–Crippen LogP) is 3.35. The molecular weight excluding hydrogens is 254 g/mol. The first-order valence-corrected chi connectivity index (χ1v) is 6.64. The maximum absolute atomic E-state index is 11.6. The number of hydrogen-bond acceptors (Lipinski definition) is 4. The molecule has 0 atom stereocenters. The van der Waals surface area contributed by atoms with Crippen molar-refractivity contribution in [3.8, 4) is 5.75 Å². The molecule has 0 saturated heterocycles. The van der Waals surface area contributed by atoms with Gasteiger partial charge in [0, 0.05) is 11.6 Å². The van der Waals surface area contributed by atoms with E-state index in [4.69, 9.17) is 9.47 Å². The highest BCUT2D eigenvalue weighted by Crippen LogP contribution is 2.23. The Morgan fingerprint density at radius 3 is 2.75 bits per heavy atom. The van der Waals surface area contributed by atoms with Gasteiger partial charge in [-0.3, -0.25) is 9.78 Å². The third-order valence-electron chi connectivity index (χ3n) is 2.59. The van der Waals surface area contributed by atoms with Crippen LogP contribution in [0.25, 0.3) is 10.9 Å². The average Bonchev–Trinajstić information content (AvgIpc) is 2.37. The van der Waals surface area contributed by atoms with Crippen LogP contribution in [0, 0.1) is 0 Å². The lowest BCUT2D eigenvalue weighted by molar-refractivity contribution is -0.155. The zero-order valence-electron chi connectivity index (χ0n) is 12.1. The van der Waals surface area contributed by atoms with E-state index in [0.29, 0.717) is 6.61 Å². The lowest BCUT2D eigenvalue weighted by Gasteiger charge is -2.19. The number of nitrogens with zero attached hydrogens (tertiary/aromatic N) is 1. The highest BCUT2D eigenvalue weighted by Gasteiger charge is 2.16. The Morgan fingerprint density at radius 1 is 1.20 bits per heavy atom. The van der Waals surface area contributed by atoms with Crippen LogP contribution in [-0.2, 0) is 9.53 Å². The standard InChI is InChI=1S/C16H19NO3/c1-16(2,3)20-15(18)9-11-19-14-8-4-7-13-12(14)6-5-10-17-13/h4-8,10H,9,11H2,1-3H3. The second-order valence-corrected chi connectivity index (χ2v) is 5.51. The molecule has 0 unspecified atom stereocenters. The van der Waals surface area contributed by atoms with Crippen LogP contribution in [0.1, 0.15) is 27.2 Å². The molecule has 2 rings (SSSR count). The Balaban J connectivity index is 1.95. The number of aromatic nitrogens is 1. The van der Waals surface area contributed by atoms with Crippen molar-refractivity contribution in [2.24, 2.45) is 0 Å². The third-order valence-corrected chi connectivity index (χ3v) is 2.59.